The number of alkyl halides is 3. The Morgan fingerprint density at radius 1 is 1.14 bits per heavy atom. The van der Waals surface area contributed by atoms with Crippen molar-refractivity contribution in [3.8, 4) is 11.6 Å². The third-order valence-corrected chi connectivity index (χ3v) is 2.63. The number of benzene rings is 1. The lowest BCUT2D eigenvalue weighted by Gasteiger charge is -2.11. The van der Waals surface area contributed by atoms with E-state index in [9.17, 15) is 17.6 Å². The van der Waals surface area contributed by atoms with Crippen LogP contribution >= 0.6 is 0 Å². The van der Waals surface area contributed by atoms with Gasteiger partial charge in [-0.1, -0.05) is 13.8 Å². The van der Waals surface area contributed by atoms with Crippen LogP contribution in [-0.2, 0) is 6.18 Å². The van der Waals surface area contributed by atoms with Crippen LogP contribution in [0.15, 0.2) is 30.5 Å². The lowest BCUT2D eigenvalue weighted by Crippen LogP contribution is -2.08. The Morgan fingerprint density at radius 3 is 2.48 bits per heavy atom. The second-order valence-corrected chi connectivity index (χ2v) is 4.65. The van der Waals surface area contributed by atoms with Crippen LogP contribution in [0.4, 0.5) is 17.6 Å². The fraction of sp³-hybridized carbons (Fsp3) is 0.286. The number of hydrogen-bond acceptors (Lipinski definition) is 3. The molecule has 0 atom stereocenters. The molecule has 1 aromatic heterocycles. The van der Waals surface area contributed by atoms with Crippen LogP contribution in [0.3, 0.4) is 0 Å². The lowest BCUT2D eigenvalue weighted by molar-refractivity contribution is -0.140. The molecule has 112 valence electrons. The van der Waals surface area contributed by atoms with E-state index in [2.05, 4.69) is 9.97 Å². The smallest absolute Gasteiger partial charge is 0.419 e. The molecule has 2 rings (SSSR count). The number of hydrogen-bond donors (Lipinski definition) is 0. The normalized spacial score (nSPS) is 11.8. The van der Waals surface area contributed by atoms with Crippen LogP contribution in [0, 0.1) is 5.82 Å². The van der Waals surface area contributed by atoms with Crippen molar-refractivity contribution in [1.29, 1.82) is 0 Å². The molecular weight excluding hydrogens is 288 g/mol. The van der Waals surface area contributed by atoms with Crippen molar-refractivity contribution in [1.82, 2.24) is 9.97 Å². The monoisotopic (exact) mass is 300 g/mol. The summed E-state index contributed by atoms with van der Waals surface area (Å²) in [6.45, 7) is 3.75. The van der Waals surface area contributed by atoms with E-state index in [1.54, 1.807) is 0 Å². The first-order chi connectivity index (χ1) is 9.77. The van der Waals surface area contributed by atoms with Gasteiger partial charge in [0.2, 0.25) is 5.88 Å². The van der Waals surface area contributed by atoms with Crippen LogP contribution in [0.5, 0.6) is 11.6 Å². The zero-order chi connectivity index (χ0) is 15.6. The molecule has 0 N–H and O–H groups in total. The second-order valence-electron chi connectivity index (χ2n) is 4.65. The van der Waals surface area contributed by atoms with Crippen LogP contribution in [0.25, 0.3) is 0 Å². The maximum absolute atomic E-state index is 13.2. The number of rotatable bonds is 3. The minimum Gasteiger partial charge on any atom is -0.439 e. The molecule has 7 heteroatoms. The number of halogens is 4. The quantitative estimate of drug-likeness (QED) is 0.780. The van der Waals surface area contributed by atoms with E-state index in [1.807, 2.05) is 13.8 Å². The minimum atomic E-state index is -4.78. The predicted molar refractivity (Wildman–Crippen MR) is 67.6 cm³/mol. The Labute approximate surface area is 118 Å². The zero-order valence-electron chi connectivity index (χ0n) is 11.3. The van der Waals surface area contributed by atoms with Gasteiger partial charge in [0, 0.05) is 18.2 Å². The summed E-state index contributed by atoms with van der Waals surface area (Å²) in [6.07, 6.45) is -3.33. The summed E-state index contributed by atoms with van der Waals surface area (Å²) in [4.78, 5) is 8.09. The lowest BCUT2D eigenvalue weighted by atomic mass is 10.2. The number of aromatic nitrogens is 2. The van der Waals surface area contributed by atoms with Crippen molar-refractivity contribution in [2.75, 3.05) is 0 Å². The molecule has 3 nitrogen and oxygen atoms in total. The average Bonchev–Trinajstić information content (AvgIpc) is 2.40. The molecule has 21 heavy (non-hydrogen) atoms. The van der Waals surface area contributed by atoms with Gasteiger partial charge in [0.05, 0.1) is 5.56 Å². The standard InChI is InChI=1S/C14H12F4N2O/c1-8(2)13-19-6-5-12(20-13)21-9-3-4-11(15)10(7-9)14(16,17)18/h3-8H,1-2H3. The van der Waals surface area contributed by atoms with Crippen molar-refractivity contribution in [3.05, 3.63) is 47.7 Å². The molecule has 0 saturated heterocycles. The molecule has 2 aromatic rings. The van der Waals surface area contributed by atoms with Crippen LogP contribution in [0.1, 0.15) is 31.2 Å². The predicted octanol–water partition coefficient (Wildman–Crippen LogP) is 4.55. The Balaban J connectivity index is 2.30. The minimum absolute atomic E-state index is 0.0486. The van der Waals surface area contributed by atoms with Crippen LogP contribution < -0.4 is 4.74 Å². The molecule has 1 aromatic carbocycles. The Morgan fingerprint density at radius 2 is 1.86 bits per heavy atom. The van der Waals surface area contributed by atoms with Gasteiger partial charge >= 0.3 is 6.18 Å². The third-order valence-electron chi connectivity index (χ3n) is 2.63. The molecule has 1 heterocycles. The van der Waals surface area contributed by atoms with Crippen molar-refractivity contribution in [2.45, 2.75) is 25.9 Å². The van der Waals surface area contributed by atoms with Gasteiger partial charge in [-0.3, -0.25) is 0 Å². The number of ether oxygens (including phenoxy) is 1. The van der Waals surface area contributed by atoms with E-state index >= 15 is 0 Å². The van der Waals surface area contributed by atoms with E-state index in [-0.39, 0.29) is 17.5 Å². The first kappa shape index (κ1) is 15.2. The van der Waals surface area contributed by atoms with E-state index < -0.39 is 17.6 Å². The molecule has 0 saturated carbocycles. The van der Waals surface area contributed by atoms with Crippen molar-refractivity contribution < 1.29 is 22.3 Å². The first-order valence-corrected chi connectivity index (χ1v) is 6.15. The third kappa shape index (κ3) is 3.68. The molecule has 0 unspecified atom stereocenters. The molecule has 0 aliphatic carbocycles. The van der Waals surface area contributed by atoms with Gasteiger partial charge in [-0.15, -0.1) is 0 Å². The molecule has 0 spiro atoms. The van der Waals surface area contributed by atoms with Gasteiger partial charge in [-0.05, 0) is 18.2 Å². The van der Waals surface area contributed by atoms with E-state index in [0.717, 1.165) is 6.07 Å². The van der Waals surface area contributed by atoms with Crippen LogP contribution in [0.2, 0.25) is 0 Å². The molecule has 0 bridgehead atoms. The highest BCUT2D eigenvalue weighted by molar-refractivity contribution is 5.34. The highest BCUT2D eigenvalue weighted by atomic mass is 19.4. The maximum Gasteiger partial charge on any atom is 0.419 e. The van der Waals surface area contributed by atoms with Gasteiger partial charge in [-0.25, -0.2) is 9.37 Å². The van der Waals surface area contributed by atoms with Gasteiger partial charge in [-0.2, -0.15) is 18.2 Å². The fourth-order valence-electron chi connectivity index (χ4n) is 1.60. The summed E-state index contributed by atoms with van der Waals surface area (Å²) in [5.41, 5.74) is -1.38. The average molecular weight is 300 g/mol. The highest BCUT2D eigenvalue weighted by Gasteiger charge is 2.34. The second kappa shape index (κ2) is 5.67. The van der Waals surface area contributed by atoms with E-state index in [4.69, 9.17) is 4.74 Å². The summed E-state index contributed by atoms with van der Waals surface area (Å²) in [7, 11) is 0. The Hall–Kier alpha value is -2.18. The van der Waals surface area contributed by atoms with Gasteiger partial charge < -0.3 is 4.74 Å². The molecular formula is C14H12F4N2O. The van der Waals surface area contributed by atoms with Gasteiger partial charge in [0.1, 0.15) is 17.4 Å². The molecule has 0 amide bonds. The SMILES string of the molecule is CC(C)c1nccc(Oc2ccc(F)c(C(F)(F)F)c2)n1. The van der Waals surface area contributed by atoms with Crippen molar-refractivity contribution >= 4 is 0 Å². The molecule has 0 radical (unpaired) electrons. The molecule has 0 aliphatic rings. The summed E-state index contributed by atoms with van der Waals surface area (Å²) < 4.78 is 56.3. The largest absolute Gasteiger partial charge is 0.439 e. The summed E-state index contributed by atoms with van der Waals surface area (Å²) in [6, 6.07) is 3.85. The number of nitrogens with zero attached hydrogens (tertiary/aromatic N) is 2. The molecule has 0 fully saturated rings. The maximum atomic E-state index is 13.2. The fourth-order valence-corrected chi connectivity index (χ4v) is 1.60. The first-order valence-electron chi connectivity index (χ1n) is 6.15. The zero-order valence-corrected chi connectivity index (χ0v) is 11.3. The van der Waals surface area contributed by atoms with Crippen molar-refractivity contribution in [3.63, 3.8) is 0 Å². The summed E-state index contributed by atoms with van der Waals surface area (Å²) in [5.74, 6) is -0.830. The topological polar surface area (TPSA) is 35.0 Å². The van der Waals surface area contributed by atoms with E-state index in [1.165, 1.54) is 12.3 Å². The van der Waals surface area contributed by atoms with Gasteiger partial charge in [0.25, 0.3) is 0 Å². The molecule has 0 aliphatic heterocycles. The summed E-state index contributed by atoms with van der Waals surface area (Å²) in [5, 5.41) is 0. The Kier molecular flexibility index (Phi) is 4.11. The van der Waals surface area contributed by atoms with Crippen molar-refractivity contribution in [2.24, 2.45) is 0 Å². The van der Waals surface area contributed by atoms with Crippen LogP contribution in [-0.4, -0.2) is 9.97 Å². The Bertz CT molecular complexity index is 641. The van der Waals surface area contributed by atoms with E-state index in [0.29, 0.717) is 18.0 Å². The summed E-state index contributed by atoms with van der Waals surface area (Å²) >= 11 is 0. The van der Waals surface area contributed by atoms with Gasteiger partial charge in [0.15, 0.2) is 0 Å². The highest BCUT2D eigenvalue weighted by Crippen LogP contribution is 2.34.